The first kappa shape index (κ1) is 17.2. The molecule has 2 aromatic heterocycles. The van der Waals surface area contributed by atoms with Crippen LogP contribution in [0, 0.1) is 0 Å². The van der Waals surface area contributed by atoms with Gasteiger partial charge in [0.25, 0.3) is 0 Å². The zero-order valence-corrected chi connectivity index (χ0v) is 15.7. The molecule has 0 aliphatic heterocycles. The number of aryl methyl sites for hydroxylation is 3. The molecule has 0 spiro atoms. The standard InChI is InChI=1S/C19H18ClN3O2S/c20-13-7-5-12(6-8-13)15-11-21-18(25-15)10-9-17(24)23-19-22-14-3-1-2-4-16(14)26-19/h5-8,11H,1-4,9-10H2,(H,22,23,24). The smallest absolute Gasteiger partial charge is 0.226 e. The number of carbonyl (C=O) groups excluding carboxylic acids is 1. The van der Waals surface area contributed by atoms with Crippen molar-refractivity contribution in [3.8, 4) is 11.3 Å². The van der Waals surface area contributed by atoms with E-state index in [-0.39, 0.29) is 5.91 Å². The van der Waals surface area contributed by atoms with E-state index in [2.05, 4.69) is 15.3 Å². The topological polar surface area (TPSA) is 68.0 Å². The molecule has 1 aromatic carbocycles. The first-order valence-corrected chi connectivity index (χ1v) is 9.86. The molecule has 5 nitrogen and oxygen atoms in total. The van der Waals surface area contributed by atoms with E-state index < -0.39 is 0 Å². The van der Waals surface area contributed by atoms with Crippen molar-refractivity contribution in [2.45, 2.75) is 38.5 Å². The Bertz CT molecular complexity index is 894. The molecular formula is C19H18ClN3O2S. The zero-order chi connectivity index (χ0) is 17.9. The summed E-state index contributed by atoms with van der Waals surface area (Å²) in [4.78, 5) is 22.3. The highest BCUT2D eigenvalue weighted by molar-refractivity contribution is 7.15. The number of benzene rings is 1. The normalized spacial score (nSPS) is 13.4. The number of rotatable bonds is 5. The van der Waals surface area contributed by atoms with Gasteiger partial charge in [-0.3, -0.25) is 4.79 Å². The predicted octanol–water partition coefficient (Wildman–Crippen LogP) is 4.90. The van der Waals surface area contributed by atoms with Gasteiger partial charge in [-0.1, -0.05) is 11.6 Å². The van der Waals surface area contributed by atoms with Crippen molar-refractivity contribution in [2.24, 2.45) is 0 Å². The lowest BCUT2D eigenvalue weighted by Crippen LogP contribution is -2.12. The lowest BCUT2D eigenvalue weighted by atomic mass is 10.0. The molecule has 0 saturated heterocycles. The van der Waals surface area contributed by atoms with Gasteiger partial charge < -0.3 is 9.73 Å². The monoisotopic (exact) mass is 387 g/mol. The van der Waals surface area contributed by atoms with Crippen LogP contribution in [0.5, 0.6) is 0 Å². The number of thiazole rings is 1. The van der Waals surface area contributed by atoms with Gasteiger partial charge in [-0.15, -0.1) is 11.3 Å². The van der Waals surface area contributed by atoms with Crippen LogP contribution in [0.2, 0.25) is 5.02 Å². The Labute approximate surface area is 160 Å². The molecule has 1 aliphatic carbocycles. The van der Waals surface area contributed by atoms with E-state index in [9.17, 15) is 4.79 Å². The minimum atomic E-state index is -0.0673. The molecule has 0 unspecified atom stereocenters. The van der Waals surface area contributed by atoms with Gasteiger partial charge in [0, 0.05) is 28.3 Å². The van der Waals surface area contributed by atoms with E-state index >= 15 is 0 Å². The van der Waals surface area contributed by atoms with Crippen LogP contribution in [0.25, 0.3) is 11.3 Å². The maximum absolute atomic E-state index is 12.2. The summed E-state index contributed by atoms with van der Waals surface area (Å²) in [5.41, 5.74) is 2.06. The SMILES string of the molecule is O=C(CCc1ncc(-c2ccc(Cl)cc2)o1)Nc1nc2c(s1)CCCC2. The molecule has 0 bridgehead atoms. The average molecular weight is 388 g/mol. The van der Waals surface area contributed by atoms with Crippen LogP contribution >= 0.6 is 22.9 Å². The first-order chi connectivity index (χ1) is 12.7. The number of nitrogens with one attached hydrogen (secondary N) is 1. The van der Waals surface area contributed by atoms with Crippen LogP contribution < -0.4 is 5.32 Å². The van der Waals surface area contributed by atoms with Crippen LogP contribution in [-0.2, 0) is 24.1 Å². The third-order valence-electron chi connectivity index (χ3n) is 4.34. The fraction of sp³-hybridized carbons (Fsp3) is 0.316. The van der Waals surface area contributed by atoms with Gasteiger partial charge in [-0.05, 0) is 49.9 Å². The van der Waals surface area contributed by atoms with Crippen molar-refractivity contribution in [3.63, 3.8) is 0 Å². The Hall–Kier alpha value is -2.18. The fourth-order valence-corrected chi connectivity index (χ4v) is 4.17. The first-order valence-electron chi connectivity index (χ1n) is 8.66. The predicted molar refractivity (Wildman–Crippen MR) is 103 cm³/mol. The number of aromatic nitrogens is 2. The van der Waals surface area contributed by atoms with E-state index in [4.69, 9.17) is 16.0 Å². The number of hydrogen-bond acceptors (Lipinski definition) is 5. The summed E-state index contributed by atoms with van der Waals surface area (Å²) in [6.07, 6.45) is 6.92. The minimum Gasteiger partial charge on any atom is -0.441 e. The van der Waals surface area contributed by atoms with Crippen molar-refractivity contribution < 1.29 is 9.21 Å². The molecule has 1 amide bonds. The van der Waals surface area contributed by atoms with E-state index in [0.717, 1.165) is 24.1 Å². The number of oxazole rings is 1. The van der Waals surface area contributed by atoms with E-state index in [1.165, 1.54) is 17.7 Å². The van der Waals surface area contributed by atoms with Gasteiger partial charge in [0.05, 0.1) is 11.9 Å². The number of hydrogen-bond donors (Lipinski definition) is 1. The lowest BCUT2D eigenvalue weighted by molar-refractivity contribution is -0.116. The molecule has 134 valence electrons. The number of amides is 1. The van der Waals surface area contributed by atoms with Crippen molar-refractivity contribution >= 4 is 34.0 Å². The summed E-state index contributed by atoms with van der Waals surface area (Å²) < 4.78 is 5.73. The van der Waals surface area contributed by atoms with E-state index in [1.54, 1.807) is 29.7 Å². The molecule has 4 rings (SSSR count). The maximum atomic E-state index is 12.2. The van der Waals surface area contributed by atoms with E-state index in [0.29, 0.717) is 34.6 Å². The second kappa shape index (κ2) is 7.60. The number of carbonyl (C=O) groups is 1. The van der Waals surface area contributed by atoms with Gasteiger partial charge in [0.1, 0.15) is 0 Å². The summed E-state index contributed by atoms with van der Waals surface area (Å²) in [5.74, 6) is 1.15. The molecular weight excluding hydrogens is 370 g/mol. The lowest BCUT2D eigenvalue weighted by Gasteiger charge is -2.06. The zero-order valence-electron chi connectivity index (χ0n) is 14.1. The molecule has 7 heteroatoms. The van der Waals surface area contributed by atoms with Crippen molar-refractivity contribution in [3.05, 3.63) is 51.9 Å². The highest BCUT2D eigenvalue weighted by Crippen LogP contribution is 2.29. The van der Waals surface area contributed by atoms with Gasteiger partial charge in [-0.2, -0.15) is 0 Å². The number of anilines is 1. The molecule has 2 heterocycles. The highest BCUT2D eigenvalue weighted by atomic mass is 35.5. The van der Waals surface area contributed by atoms with E-state index in [1.807, 2.05) is 12.1 Å². The molecule has 1 aliphatic rings. The Kier molecular flexibility index (Phi) is 5.04. The number of fused-ring (bicyclic) bond motifs is 1. The molecule has 1 N–H and O–H groups in total. The quantitative estimate of drug-likeness (QED) is 0.675. The Morgan fingerprint density at radius 2 is 2.04 bits per heavy atom. The molecule has 26 heavy (non-hydrogen) atoms. The molecule has 0 atom stereocenters. The number of halogens is 1. The van der Waals surface area contributed by atoms with Crippen molar-refractivity contribution in [1.82, 2.24) is 9.97 Å². The molecule has 3 aromatic rings. The summed E-state index contributed by atoms with van der Waals surface area (Å²) >= 11 is 7.49. The summed E-state index contributed by atoms with van der Waals surface area (Å²) in [6.45, 7) is 0. The summed E-state index contributed by atoms with van der Waals surface area (Å²) in [7, 11) is 0. The highest BCUT2D eigenvalue weighted by Gasteiger charge is 2.16. The minimum absolute atomic E-state index is 0.0673. The second-order valence-electron chi connectivity index (χ2n) is 6.27. The van der Waals surface area contributed by atoms with Gasteiger partial charge in [0.15, 0.2) is 16.8 Å². The Balaban J connectivity index is 1.33. The summed E-state index contributed by atoms with van der Waals surface area (Å²) in [6, 6.07) is 7.37. The average Bonchev–Trinajstić information content (AvgIpc) is 3.27. The van der Waals surface area contributed by atoms with Crippen LogP contribution in [0.3, 0.4) is 0 Å². The molecule has 0 saturated carbocycles. The van der Waals surface area contributed by atoms with Crippen molar-refractivity contribution in [2.75, 3.05) is 5.32 Å². The van der Waals surface area contributed by atoms with Crippen LogP contribution in [-0.4, -0.2) is 15.9 Å². The number of nitrogens with zero attached hydrogens (tertiary/aromatic N) is 2. The van der Waals surface area contributed by atoms with Crippen LogP contribution in [0.15, 0.2) is 34.9 Å². The van der Waals surface area contributed by atoms with Gasteiger partial charge in [0.2, 0.25) is 5.91 Å². The third-order valence-corrected chi connectivity index (χ3v) is 5.67. The molecule has 0 fully saturated rings. The Morgan fingerprint density at radius 3 is 2.85 bits per heavy atom. The van der Waals surface area contributed by atoms with Gasteiger partial charge in [-0.25, -0.2) is 9.97 Å². The largest absolute Gasteiger partial charge is 0.441 e. The van der Waals surface area contributed by atoms with Gasteiger partial charge >= 0.3 is 0 Å². The van der Waals surface area contributed by atoms with Crippen molar-refractivity contribution in [1.29, 1.82) is 0 Å². The Morgan fingerprint density at radius 1 is 1.23 bits per heavy atom. The van der Waals surface area contributed by atoms with Crippen LogP contribution in [0.1, 0.15) is 35.7 Å². The molecule has 0 radical (unpaired) electrons. The maximum Gasteiger partial charge on any atom is 0.226 e. The summed E-state index contributed by atoms with van der Waals surface area (Å²) in [5, 5.41) is 4.28. The van der Waals surface area contributed by atoms with Crippen LogP contribution in [0.4, 0.5) is 5.13 Å². The fourth-order valence-electron chi connectivity index (χ4n) is 2.98. The third kappa shape index (κ3) is 3.97. The second-order valence-corrected chi connectivity index (χ2v) is 7.79.